The Hall–Kier alpha value is -1.02. The van der Waals surface area contributed by atoms with Crippen LogP contribution in [0.15, 0.2) is 12.3 Å². The summed E-state index contributed by atoms with van der Waals surface area (Å²) in [5.41, 5.74) is 0. The van der Waals surface area contributed by atoms with Crippen molar-refractivity contribution in [2.24, 2.45) is 0 Å². The molecule has 1 aromatic heterocycles. The van der Waals surface area contributed by atoms with E-state index >= 15 is 0 Å². The summed E-state index contributed by atoms with van der Waals surface area (Å²) in [6, 6.07) is 1.49. The van der Waals surface area contributed by atoms with Crippen LogP contribution in [0.5, 0.6) is 0 Å². The zero-order valence-electron chi connectivity index (χ0n) is 7.92. The molecule has 1 N–H and O–H groups in total. The van der Waals surface area contributed by atoms with Gasteiger partial charge in [-0.2, -0.15) is 8.78 Å². The summed E-state index contributed by atoms with van der Waals surface area (Å²) in [6.45, 7) is -1.69. The van der Waals surface area contributed by atoms with E-state index in [9.17, 15) is 17.6 Å². The molecule has 0 unspecified atom stereocenters. The second kappa shape index (κ2) is 5.35. The van der Waals surface area contributed by atoms with Crippen LogP contribution in [0.4, 0.5) is 17.6 Å². The standard InChI is InChI=1S/C8H8F4N2OS/c9-7(10)8(11,12)4-15-3-5-13-2-1-6(16)14-5/h1-2,7H,3-4H2,(H,13,14,16). The number of hydrogen-bond donors (Lipinski definition) is 1. The topological polar surface area (TPSA) is 37.9 Å². The first-order chi connectivity index (χ1) is 7.42. The van der Waals surface area contributed by atoms with E-state index in [0.717, 1.165) is 0 Å². The fourth-order valence-corrected chi connectivity index (χ4v) is 1.01. The van der Waals surface area contributed by atoms with Crippen molar-refractivity contribution in [1.82, 2.24) is 9.97 Å². The summed E-state index contributed by atoms with van der Waals surface area (Å²) in [7, 11) is 0. The lowest BCUT2D eigenvalue weighted by molar-refractivity contribution is -0.168. The van der Waals surface area contributed by atoms with Crippen LogP contribution in [-0.4, -0.2) is 28.9 Å². The largest absolute Gasteiger partial charge is 0.367 e. The molecular formula is C8H8F4N2OS. The molecule has 0 spiro atoms. The van der Waals surface area contributed by atoms with Crippen LogP contribution < -0.4 is 0 Å². The van der Waals surface area contributed by atoms with Gasteiger partial charge in [0.2, 0.25) is 0 Å². The van der Waals surface area contributed by atoms with Crippen molar-refractivity contribution in [3.8, 4) is 0 Å². The maximum absolute atomic E-state index is 12.4. The Morgan fingerprint density at radius 3 is 2.75 bits per heavy atom. The van der Waals surface area contributed by atoms with E-state index in [4.69, 9.17) is 12.2 Å². The number of nitrogens with zero attached hydrogens (tertiary/aromatic N) is 1. The van der Waals surface area contributed by atoms with Gasteiger partial charge in [-0.1, -0.05) is 12.2 Å². The van der Waals surface area contributed by atoms with Gasteiger partial charge in [0.25, 0.3) is 0 Å². The fourth-order valence-electron chi connectivity index (χ4n) is 0.831. The van der Waals surface area contributed by atoms with Gasteiger partial charge in [0.05, 0.1) is 0 Å². The van der Waals surface area contributed by atoms with Crippen LogP contribution in [0.25, 0.3) is 0 Å². The Morgan fingerprint density at radius 1 is 1.50 bits per heavy atom. The van der Waals surface area contributed by atoms with Crippen molar-refractivity contribution in [1.29, 1.82) is 0 Å². The molecule has 0 aliphatic rings. The van der Waals surface area contributed by atoms with E-state index < -0.39 is 19.0 Å². The number of nitrogens with one attached hydrogen (secondary N) is 1. The molecule has 0 aliphatic carbocycles. The highest BCUT2D eigenvalue weighted by Crippen LogP contribution is 2.22. The van der Waals surface area contributed by atoms with Crippen LogP contribution >= 0.6 is 12.2 Å². The molecule has 0 saturated carbocycles. The van der Waals surface area contributed by atoms with Crippen LogP contribution in [0.2, 0.25) is 0 Å². The van der Waals surface area contributed by atoms with E-state index in [1.165, 1.54) is 12.3 Å². The average Bonchev–Trinajstić information content (AvgIpc) is 2.17. The number of hydrogen-bond acceptors (Lipinski definition) is 3. The number of aromatic amines is 1. The molecule has 0 radical (unpaired) electrons. The van der Waals surface area contributed by atoms with E-state index in [1.54, 1.807) is 0 Å². The molecule has 3 nitrogen and oxygen atoms in total. The predicted molar refractivity (Wildman–Crippen MR) is 50.0 cm³/mol. The van der Waals surface area contributed by atoms with E-state index in [0.29, 0.717) is 4.64 Å². The minimum atomic E-state index is -4.15. The molecule has 0 bridgehead atoms. The van der Waals surface area contributed by atoms with Gasteiger partial charge >= 0.3 is 12.3 Å². The monoisotopic (exact) mass is 256 g/mol. The minimum Gasteiger partial charge on any atom is -0.367 e. The van der Waals surface area contributed by atoms with Gasteiger partial charge in [-0.15, -0.1) is 0 Å². The number of alkyl halides is 4. The second-order valence-electron chi connectivity index (χ2n) is 2.94. The predicted octanol–water partition coefficient (Wildman–Crippen LogP) is 2.56. The Morgan fingerprint density at radius 2 is 2.19 bits per heavy atom. The molecular weight excluding hydrogens is 248 g/mol. The van der Waals surface area contributed by atoms with Gasteiger partial charge < -0.3 is 9.72 Å². The lowest BCUT2D eigenvalue weighted by Crippen LogP contribution is -2.32. The van der Waals surface area contributed by atoms with Crippen LogP contribution in [0, 0.1) is 4.64 Å². The molecule has 90 valence electrons. The summed E-state index contributed by atoms with van der Waals surface area (Å²) < 4.78 is 53.1. The highest BCUT2D eigenvalue weighted by Gasteiger charge is 2.40. The first-order valence-electron chi connectivity index (χ1n) is 4.20. The SMILES string of the molecule is FC(F)C(F)(F)COCc1nccc(=S)[nH]1. The zero-order valence-corrected chi connectivity index (χ0v) is 8.74. The molecule has 1 rings (SSSR count). The van der Waals surface area contributed by atoms with Gasteiger partial charge in [-0.25, -0.2) is 13.8 Å². The van der Waals surface area contributed by atoms with Gasteiger partial charge in [0.15, 0.2) is 0 Å². The van der Waals surface area contributed by atoms with Crippen molar-refractivity contribution in [3.05, 3.63) is 22.7 Å². The van der Waals surface area contributed by atoms with Crippen molar-refractivity contribution in [2.45, 2.75) is 19.0 Å². The average molecular weight is 256 g/mol. The fraction of sp³-hybridized carbons (Fsp3) is 0.500. The molecule has 0 amide bonds. The quantitative estimate of drug-likeness (QED) is 0.650. The van der Waals surface area contributed by atoms with Crippen molar-refractivity contribution >= 4 is 12.2 Å². The summed E-state index contributed by atoms with van der Waals surface area (Å²) in [5, 5.41) is 0. The second-order valence-corrected chi connectivity index (χ2v) is 3.38. The number of aromatic nitrogens is 2. The Bertz CT molecular complexity index is 396. The molecule has 0 fully saturated rings. The van der Waals surface area contributed by atoms with Crippen LogP contribution in [-0.2, 0) is 11.3 Å². The van der Waals surface area contributed by atoms with E-state index in [-0.39, 0.29) is 12.4 Å². The van der Waals surface area contributed by atoms with Crippen LogP contribution in [0.1, 0.15) is 5.82 Å². The van der Waals surface area contributed by atoms with Crippen molar-refractivity contribution in [2.75, 3.05) is 6.61 Å². The van der Waals surface area contributed by atoms with Crippen molar-refractivity contribution in [3.63, 3.8) is 0 Å². The van der Waals surface area contributed by atoms with E-state index in [2.05, 4.69) is 14.7 Å². The Balaban J connectivity index is 2.45. The molecule has 1 aromatic rings. The lowest BCUT2D eigenvalue weighted by Gasteiger charge is -2.14. The number of ether oxygens (including phenoxy) is 1. The van der Waals surface area contributed by atoms with Crippen molar-refractivity contribution < 1.29 is 22.3 Å². The number of halogens is 4. The normalized spacial score (nSPS) is 12.1. The summed E-state index contributed by atoms with van der Waals surface area (Å²) >= 11 is 4.75. The first-order valence-corrected chi connectivity index (χ1v) is 4.60. The molecule has 0 aliphatic heterocycles. The highest BCUT2D eigenvalue weighted by molar-refractivity contribution is 7.71. The smallest absolute Gasteiger partial charge is 0.330 e. The minimum absolute atomic E-state index is 0.206. The molecule has 8 heteroatoms. The summed E-state index contributed by atoms with van der Waals surface area (Å²) in [6.07, 6.45) is -2.38. The number of rotatable bonds is 5. The molecule has 0 aromatic carbocycles. The molecule has 0 atom stereocenters. The maximum Gasteiger partial charge on any atom is 0.330 e. The highest BCUT2D eigenvalue weighted by atomic mass is 32.1. The maximum atomic E-state index is 12.4. The summed E-state index contributed by atoms with van der Waals surface area (Å²) in [5.74, 6) is -3.94. The Labute approximate surface area is 93.5 Å². The third-order valence-corrected chi connectivity index (χ3v) is 1.81. The molecule has 0 saturated heterocycles. The third kappa shape index (κ3) is 3.86. The van der Waals surface area contributed by atoms with E-state index in [1.807, 2.05) is 0 Å². The zero-order chi connectivity index (χ0) is 12.2. The van der Waals surface area contributed by atoms with Gasteiger partial charge in [-0.3, -0.25) is 0 Å². The Kier molecular flexibility index (Phi) is 4.36. The van der Waals surface area contributed by atoms with Gasteiger partial charge in [0.1, 0.15) is 23.7 Å². The number of H-pyrrole nitrogens is 1. The van der Waals surface area contributed by atoms with Gasteiger partial charge in [0, 0.05) is 6.20 Å². The first kappa shape index (κ1) is 13.0. The molecule has 1 heterocycles. The molecule has 16 heavy (non-hydrogen) atoms. The van der Waals surface area contributed by atoms with Crippen LogP contribution in [0.3, 0.4) is 0 Å². The third-order valence-electron chi connectivity index (χ3n) is 1.58. The lowest BCUT2D eigenvalue weighted by atomic mass is 10.4. The van der Waals surface area contributed by atoms with Gasteiger partial charge in [-0.05, 0) is 6.07 Å². The summed E-state index contributed by atoms with van der Waals surface area (Å²) in [4.78, 5) is 6.29.